The molecule has 0 aliphatic rings. The molecule has 1 aromatic heterocycles. The number of carbonyl (C=O) groups excluding carboxylic acids is 1. The fourth-order valence-electron chi connectivity index (χ4n) is 2.09. The van der Waals surface area contributed by atoms with Crippen molar-refractivity contribution in [2.24, 2.45) is 0 Å². The van der Waals surface area contributed by atoms with Crippen LogP contribution in [0.15, 0.2) is 53.7 Å². The predicted molar refractivity (Wildman–Crippen MR) is 91.3 cm³/mol. The third kappa shape index (κ3) is 4.56. The minimum atomic E-state index is -0.708. The number of aliphatic hydroxyl groups is 1. The zero-order valence-corrected chi connectivity index (χ0v) is 14.3. The van der Waals surface area contributed by atoms with Gasteiger partial charge < -0.3 is 9.84 Å². The molecule has 0 aliphatic heterocycles. The second-order valence-electron chi connectivity index (χ2n) is 5.59. The highest BCUT2D eigenvalue weighted by Crippen LogP contribution is 2.34. The number of aromatic nitrogens is 1. The molecule has 1 atom stereocenters. The van der Waals surface area contributed by atoms with Crippen LogP contribution in [0.1, 0.15) is 38.0 Å². The summed E-state index contributed by atoms with van der Waals surface area (Å²) in [4.78, 5) is 16.9. The van der Waals surface area contributed by atoms with E-state index in [4.69, 9.17) is 4.74 Å². The summed E-state index contributed by atoms with van der Waals surface area (Å²) >= 11 is 1.44. The number of rotatable bonds is 6. The molecule has 2 rings (SSSR count). The highest BCUT2D eigenvalue weighted by Gasteiger charge is 2.30. The van der Waals surface area contributed by atoms with E-state index in [1.807, 2.05) is 44.2 Å². The summed E-state index contributed by atoms with van der Waals surface area (Å²) in [7, 11) is 0. The van der Waals surface area contributed by atoms with Crippen molar-refractivity contribution in [3.05, 3.63) is 59.9 Å². The van der Waals surface area contributed by atoms with Gasteiger partial charge in [0.2, 0.25) is 0 Å². The van der Waals surface area contributed by atoms with E-state index in [-0.39, 0.29) is 5.97 Å². The highest BCUT2D eigenvalue weighted by molar-refractivity contribution is 8.01. The van der Waals surface area contributed by atoms with Gasteiger partial charge in [0.15, 0.2) is 0 Å². The van der Waals surface area contributed by atoms with Gasteiger partial charge in [-0.1, -0.05) is 18.2 Å². The van der Waals surface area contributed by atoms with Gasteiger partial charge in [0, 0.05) is 22.9 Å². The Morgan fingerprint density at radius 1 is 1.26 bits per heavy atom. The van der Waals surface area contributed by atoms with E-state index in [0.717, 1.165) is 16.0 Å². The summed E-state index contributed by atoms with van der Waals surface area (Å²) in [5.41, 5.74) is 1.54. The van der Waals surface area contributed by atoms with E-state index in [9.17, 15) is 9.90 Å². The van der Waals surface area contributed by atoms with Crippen molar-refractivity contribution < 1.29 is 14.6 Å². The molecule has 0 amide bonds. The van der Waals surface area contributed by atoms with Crippen molar-refractivity contribution >= 4 is 17.7 Å². The third-order valence-corrected chi connectivity index (χ3v) is 4.52. The molecule has 5 heteroatoms. The lowest BCUT2D eigenvalue weighted by Gasteiger charge is -2.21. The van der Waals surface area contributed by atoms with Crippen molar-refractivity contribution in [2.75, 3.05) is 6.61 Å². The summed E-state index contributed by atoms with van der Waals surface area (Å²) in [6.07, 6.45) is 2.62. The fourth-order valence-corrected chi connectivity index (χ4v) is 3.09. The lowest BCUT2D eigenvalue weighted by Crippen LogP contribution is -2.29. The van der Waals surface area contributed by atoms with Gasteiger partial charge in [-0.05, 0) is 44.5 Å². The zero-order valence-electron chi connectivity index (χ0n) is 13.5. The predicted octanol–water partition coefficient (Wildman–Crippen LogP) is 3.60. The molecule has 4 nitrogen and oxygen atoms in total. The minimum Gasteiger partial charge on any atom is -0.465 e. The summed E-state index contributed by atoms with van der Waals surface area (Å²) in [6, 6.07) is 11.2. The highest BCUT2D eigenvalue weighted by atomic mass is 32.2. The molecule has 0 radical (unpaired) electrons. The van der Waals surface area contributed by atoms with Crippen molar-refractivity contribution in [2.45, 2.75) is 36.5 Å². The number of nitrogens with zero attached hydrogens (tertiary/aromatic N) is 1. The fraction of sp³-hybridized carbons (Fsp3) is 0.333. The Kier molecular flexibility index (Phi) is 5.80. The molecule has 0 aliphatic carbocycles. The van der Waals surface area contributed by atoms with Crippen LogP contribution in [0.2, 0.25) is 0 Å². The van der Waals surface area contributed by atoms with Gasteiger partial charge >= 0.3 is 5.97 Å². The topological polar surface area (TPSA) is 59.4 Å². The number of thioether (sulfide) groups is 1. The lowest BCUT2D eigenvalue weighted by molar-refractivity contribution is -0.145. The molecular weight excluding hydrogens is 310 g/mol. The van der Waals surface area contributed by atoms with E-state index in [1.54, 1.807) is 25.4 Å². The van der Waals surface area contributed by atoms with Crippen LogP contribution in [-0.2, 0) is 9.53 Å². The summed E-state index contributed by atoms with van der Waals surface area (Å²) in [5.74, 6) is -0.232. The van der Waals surface area contributed by atoms with Gasteiger partial charge in [0.05, 0.1) is 6.61 Å². The maximum Gasteiger partial charge on any atom is 0.321 e. The van der Waals surface area contributed by atoms with Gasteiger partial charge in [-0.3, -0.25) is 9.78 Å². The molecule has 1 heterocycles. The number of hydrogen-bond acceptors (Lipinski definition) is 5. The van der Waals surface area contributed by atoms with Gasteiger partial charge in [0.1, 0.15) is 10.9 Å². The van der Waals surface area contributed by atoms with E-state index < -0.39 is 10.9 Å². The Bertz CT molecular complexity index is 641. The standard InChI is InChI=1S/C18H21NO3S/c1-4-22-17(21)18(2,3)23-15-9-7-13(8-10-15)16(20)14-6-5-11-19-12-14/h5-12,16,20H,4H2,1-3H3. The molecule has 1 aromatic carbocycles. The molecule has 23 heavy (non-hydrogen) atoms. The number of esters is 1. The van der Waals surface area contributed by atoms with Crippen molar-refractivity contribution in [3.63, 3.8) is 0 Å². The Morgan fingerprint density at radius 2 is 1.96 bits per heavy atom. The smallest absolute Gasteiger partial charge is 0.321 e. The summed E-state index contributed by atoms with van der Waals surface area (Å²) < 4.78 is 4.44. The molecule has 0 spiro atoms. The SMILES string of the molecule is CCOC(=O)C(C)(C)Sc1ccc(C(O)c2cccnc2)cc1. The van der Waals surface area contributed by atoms with Gasteiger partial charge in [0.25, 0.3) is 0 Å². The van der Waals surface area contributed by atoms with Crippen molar-refractivity contribution in [3.8, 4) is 0 Å². The number of carbonyl (C=O) groups is 1. The molecule has 0 bridgehead atoms. The number of pyridine rings is 1. The van der Waals surface area contributed by atoms with Crippen LogP contribution in [0.3, 0.4) is 0 Å². The first-order valence-electron chi connectivity index (χ1n) is 7.48. The average Bonchev–Trinajstić information content (AvgIpc) is 2.55. The maximum absolute atomic E-state index is 11.9. The van der Waals surface area contributed by atoms with Crippen LogP contribution < -0.4 is 0 Å². The van der Waals surface area contributed by atoms with E-state index in [0.29, 0.717) is 6.61 Å². The van der Waals surface area contributed by atoms with Crippen LogP contribution in [0, 0.1) is 0 Å². The first-order chi connectivity index (χ1) is 10.9. The number of hydrogen-bond donors (Lipinski definition) is 1. The van der Waals surface area contributed by atoms with Crippen LogP contribution in [-0.4, -0.2) is 27.4 Å². The zero-order chi connectivity index (χ0) is 16.9. The van der Waals surface area contributed by atoms with Crippen LogP contribution in [0.4, 0.5) is 0 Å². The summed E-state index contributed by atoms with van der Waals surface area (Å²) in [6.45, 7) is 5.86. The Morgan fingerprint density at radius 3 is 2.52 bits per heavy atom. The largest absolute Gasteiger partial charge is 0.465 e. The van der Waals surface area contributed by atoms with E-state index >= 15 is 0 Å². The van der Waals surface area contributed by atoms with E-state index in [1.165, 1.54) is 11.8 Å². The molecule has 0 fully saturated rings. The Balaban J connectivity index is 2.09. The van der Waals surface area contributed by atoms with E-state index in [2.05, 4.69) is 4.98 Å². The normalized spacial score (nSPS) is 12.7. The van der Waals surface area contributed by atoms with Gasteiger partial charge in [-0.15, -0.1) is 11.8 Å². The Hall–Kier alpha value is -1.85. The van der Waals surface area contributed by atoms with Crippen molar-refractivity contribution in [1.82, 2.24) is 4.98 Å². The van der Waals surface area contributed by atoms with Crippen LogP contribution in [0.5, 0.6) is 0 Å². The first kappa shape index (κ1) is 17.5. The van der Waals surface area contributed by atoms with Crippen LogP contribution in [0.25, 0.3) is 0 Å². The molecule has 122 valence electrons. The molecule has 0 saturated carbocycles. The second-order valence-corrected chi connectivity index (χ2v) is 7.29. The molecule has 2 aromatic rings. The summed E-state index contributed by atoms with van der Waals surface area (Å²) in [5, 5.41) is 10.4. The van der Waals surface area contributed by atoms with Gasteiger partial charge in [-0.25, -0.2) is 0 Å². The number of aliphatic hydroxyl groups excluding tert-OH is 1. The lowest BCUT2D eigenvalue weighted by atomic mass is 10.0. The first-order valence-corrected chi connectivity index (χ1v) is 8.30. The molecule has 0 saturated heterocycles. The van der Waals surface area contributed by atoms with Crippen molar-refractivity contribution in [1.29, 1.82) is 0 Å². The molecular formula is C18H21NO3S. The maximum atomic E-state index is 11.9. The Labute approximate surface area is 140 Å². The third-order valence-electron chi connectivity index (χ3n) is 3.34. The number of ether oxygens (including phenoxy) is 1. The monoisotopic (exact) mass is 331 g/mol. The molecule has 1 N–H and O–H groups in total. The molecule has 1 unspecified atom stereocenters. The van der Waals surface area contributed by atoms with Crippen LogP contribution >= 0.6 is 11.8 Å². The average molecular weight is 331 g/mol. The second kappa shape index (κ2) is 7.62. The quantitative estimate of drug-likeness (QED) is 0.647. The minimum absolute atomic E-state index is 0.232. The van der Waals surface area contributed by atoms with Gasteiger partial charge in [-0.2, -0.15) is 0 Å². The number of benzene rings is 1.